The summed E-state index contributed by atoms with van der Waals surface area (Å²) in [7, 11) is 0. The molecule has 0 spiro atoms. The second-order valence-corrected chi connectivity index (χ2v) is 5.36. The maximum absolute atomic E-state index is 9.07. The quantitative estimate of drug-likeness (QED) is 0.830. The smallest absolute Gasteiger partial charge is 0.115 e. The molecule has 0 aliphatic heterocycles. The number of thiazole rings is 1. The Morgan fingerprint density at radius 3 is 2.89 bits per heavy atom. The molecule has 18 heavy (non-hydrogen) atoms. The molecule has 0 amide bonds. The van der Waals surface area contributed by atoms with Gasteiger partial charge < -0.3 is 11.1 Å². The van der Waals surface area contributed by atoms with Crippen LogP contribution in [0.15, 0.2) is 24.4 Å². The Morgan fingerprint density at radius 1 is 1.50 bits per heavy atom. The van der Waals surface area contributed by atoms with Crippen LogP contribution in [0.3, 0.4) is 0 Å². The predicted molar refractivity (Wildman–Crippen MR) is 74.5 cm³/mol. The molecule has 0 fully saturated rings. The van der Waals surface area contributed by atoms with Gasteiger partial charge in [-0.1, -0.05) is 0 Å². The summed E-state index contributed by atoms with van der Waals surface area (Å²) in [6.45, 7) is 4.05. The molecule has 0 radical (unpaired) electrons. The molecule has 92 valence electrons. The van der Waals surface area contributed by atoms with Crippen LogP contribution in [0.2, 0.25) is 0 Å². The summed E-state index contributed by atoms with van der Waals surface area (Å²) in [6, 6.07) is 7.48. The van der Waals surface area contributed by atoms with Crippen molar-refractivity contribution in [1.29, 1.82) is 5.26 Å². The van der Waals surface area contributed by atoms with E-state index in [9.17, 15) is 0 Å². The number of aromatic nitrogens is 1. The molecule has 0 aliphatic rings. The maximum atomic E-state index is 9.07. The first-order valence-electron chi connectivity index (χ1n) is 5.58. The van der Waals surface area contributed by atoms with Crippen molar-refractivity contribution in [3.63, 3.8) is 0 Å². The van der Waals surface area contributed by atoms with E-state index in [1.165, 1.54) is 4.88 Å². The van der Waals surface area contributed by atoms with E-state index in [2.05, 4.69) is 16.4 Å². The van der Waals surface area contributed by atoms with Gasteiger partial charge in [-0.05, 0) is 32.0 Å². The van der Waals surface area contributed by atoms with Gasteiger partial charge in [0.15, 0.2) is 0 Å². The molecule has 1 aromatic heterocycles. The molecule has 4 nitrogen and oxygen atoms in total. The second kappa shape index (κ2) is 5.07. The molecule has 1 heterocycles. The van der Waals surface area contributed by atoms with E-state index < -0.39 is 0 Å². The van der Waals surface area contributed by atoms with E-state index in [0.29, 0.717) is 11.3 Å². The standard InChI is InChI=1S/C13H14N4S/c1-8-7-16-13(18-8)9(2)17-12-4-3-11(15)5-10(12)6-14/h3-5,7,9,17H,15H2,1-2H3. The van der Waals surface area contributed by atoms with E-state index in [0.717, 1.165) is 10.7 Å². The molecular weight excluding hydrogens is 244 g/mol. The van der Waals surface area contributed by atoms with Gasteiger partial charge in [-0.15, -0.1) is 11.3 Å². The zero-order valence-electron chi connectivity index (χ0n) is 10.3. The highest BCUT2D eigenvalue weighted by molar-refractivity contribution is 7.11. The van der Waals surface area contributed by atoms with E-state index in [4.69, 9.17) is 11.0 Å². The van der Waals surface area contributed by atoms with Crippen LogP contribution < -0.4 is 11.1 Å². The number of benzene rings is 1. The van der Waals surface area contributed by atoms with Gasteiger partial charge in [-0.25, -0.2) is 4.98 Å². The Kier molecular flexibility index (Phi) is 3.49. The number of aryl methyl sites for hydroxylation is 1. The first-order valence-corrected chi connectivity index (χ1v) is 6.40. The fourth-order valence-electron chi connectivity index (χ4n) is 1.65. The summed E-state index contributed by atoms with van der Waals surface area (Å²) in [5.41, 5.74) is 7.59. The zero-order valence-corrected chi connectivity index (χ0v) is 11.1. The average Bonchev–Trinajstić information content (AvgIpc) is 2.78. The van der Waals surface area contributed by atoms with Crippen molar-refractivity contribution in [2.24, 2.45) is 0 Å². The number of nitrogens with zero attached hydrogens (tertiary/aromatic N) is 2. The zero-order chi connectivity index (χ0) is 13.1. The van der Waals surface area contributed by atoms with Crippen molar-refractivity contribution in [3.05, 3.63) is 39.8 Å². The monoisotopic (exact) mass is 258 g/mol. The minimum absolute atomic E-state index is 0.0689. The van der Waals surface area contributed by atoms with Crippen molar-refractivity contribution in [3.8, 4) is 6.07 Å². The van der Waals surface area contributed by atoms with Gasteiger partial charge >= 0.3 is 0 Å². The molecule has 1 aromatic carbocycles. The summed E-state index contributed by atoms with van der Waals surface area (Å²) in [5, 5.41) is 13.4. The summed E-state index contributed by atoms with van der Waals surface area (Å²) in [5.74, 6) is 0. The largest absolute Gasteiger partial charge is 0.399 e. The van der Waals surface area contributed by atoms with Crippen LogP contribution in [-0.2, 0) is 0 Å². The molecule has 0 bridgehead atoms. The third kappa shape index (κ3) is 2.60. The van der Waals surface area contributed by atoms with Gasteiger partial charge in [-0.3, -0.25) is 0 Å². The van der Waals surface area contributed by atoms with Gasteiger partial charge in [0.2, 0.25) is 0 Å². The lowest BCUT2D eigenvalue weighted by Crippen LogP contribution is -2.07. The van der Waals surface area contributed by atoms with Crippen LogP contribution in [0.25, 0.3) is 0 Å². The molecule has 5 heteroatoms. The first-order chi connectivity index (χ1) is 8.60. The minimum atomic E-state index is 0.0689. The number of rotatable bonds is 3. The minimum Gasteiger partial charge on any atom is -0.399 e. The second-order valence-electron chi connectivity index (χ2n) is 4.09. The van der Waals surface area contributed by atoms with Crippen molar-refractivity contribution < 1.29 is 0 Å². The molecule has 0 aliphatic carbocycles. The van der Waals surface area contributed by atoms with Gasteiger partial charge in [-0.2, -0.15) is 5.26 Å². The highest BCUT2D eigenvalue weighted by atomic mass is 32.1. The summed E-state index contributed by atoms with van der Waals surface area (Å²) in [4.78, 5) is 5.51. The number of hydrogen-bond donors (Lipinski definition) is 2. The lowest BCUT2D eigenvalue weighted by molar-refractivity contribution is 0.869. The molecule has 2 rings (SSSR count). The van der Waals surface area contributed by atoms with Crippen molar-refractivity contribution in [1.82, 2.24) is 4.98 Å². The first kappa shape index (κ1) is 12.4. The maximum Gasteiger partial charge on any atom is 0.115 e. The molecule has 1 atom stereocenters. The normalized spacial score (nSPS) is 11.8. The van der Waals surface area contributed by atoms with Crippen LogP contribution in [0.4, 0.5) is 11.4 Å². The Balaban J connectivity index is 2.22. The lowest BCUT2D eigenvalue weighted by atomic mass is 10.1. The van der Waals surface area contributed by atoms with Crippen molar-refractivity contribution >= 4 is 22.7 Å². The van der Waals surface area contributed by atoms with Crippen LogP contribution in [0.5, 0.6) is 0 Å². The topological polar surface area (TPSA) is 74.7 Å². The number of nitrogen functional groups attached to an aromatic ring is 1. The lowest BCUT2D eigenvalue weighted by Gasteiger charge is -2.14. The summed E-state index contributed by atoms with van der Waals surface area (Å²) >= 11 is 1.65. The number of hydrogen-bond acceptors (Lipinski definition) is 5. The number of nitriles is 1. The van der Waals surface area contributed by atoms with Crippen molar-refractivity contribution in [2.75, 3.05) is 11.1 Å². The van der Waals surface area contributed by atoms with Gasteiger partial charge in [0.05, 0.1) is 17.3 Å². The molecular formula is C13H14N4S. The SMILES string of the molecule is Cc1cnc(C(C)Nc2ccc(N)cc2C#N)s1. The summed E-state index contributed by atoms with van der Waals surface area (Å²) in [6.07, 6.45) is 1.85. The molecule has 3 N–H and O–H groups in total. The van der Waals surface area contributed by atoms with E-state index in [1.807, 2.05) is 26.1 Å². The Bertz CT molecular complexity index is 597. The predicted octanol–water partition coefficient (Wildman–Crippen LogP) is 3.08. The molecule has 0 saturated carbocycles. The van der Waals surface area contributed by atoms with Crippen LogP contribution >= 0.6 is 11.3 Å². The molecule has 1 unspecified atom stereocenters. The average molecular weight is 258 g/mol. The fraction of sp³-hybridized carbons (Fsp3) is 0.231. The van der Waals surface area contributed by atoms with E-state index in [-0.39, 0.29) is 6.04 Å². The van der Waals surface area contributed by atoms with Crippen LogP contribution in [0, 0.1) is 18.3 Å². The van der Waals surface area contributed by atoms with Crippen LogP contribution in [0.1, 0.15) is 28.4 Å². The summed E-state index contributed by atoms with van der Waals surface area (Å²) < 4.78 is 0. The van der Waals surface area contributed by atoms with Crippen LogP contribution in [-0.4, -0.2) is 4.98 Å². The van der Waals surface area contributed by atoms with E-state index in [1.54, 1.807) is 23.5 Å². The number of nitrogens with two attached hydrogens (primary N) is 1. The fourth-order valence-corrected chi connectivity index (χ4v) is 2.42. The Hall–Kier alpha value is -2.06. The van der Waals surface area contributed by atoms with Gasteiger partial charge in [0.25, 0.3) is 0 Å². The highest BCUT2D eigenvalue weighted by Gasteiger charge is 2.11. The van der Waals surface area contributed by atoms with Gasteiger partial charge in [0.1, 0.15) is 11.1 Å². The van der Waals surface area contributed by atoms with Gasteiger partial charge in [0, 0.05) is 16.8 Å². The van der Waals surface area contributed by atoms with E-state index >= 15 is 0 Å². The highest BCUT2D eigenvalue weighted by Crippen LogP contribution is 2.26. The number of nitrogens with one attached hydrogen (secondary N) is 1. The Morgan fingerprint density at radius 2 is 2.28 bits per heavy atom. The number of anilines is 2. The Labute approximate surface area is 110 Å². The molecule has 2 aromatic rings. The third-order valence-electron chi connectivity index (χ3n) is 2.55. The third-order valence-corrected chi connectivity index (χ3v) is 3.64. The van der Waals surface area contributed by atoms with Crippen molar-refractivity contribution in [2.45, 2.75) is 19.9 Å². The molecule has 0 saturated heterocycles.